The van der Waals surface area contributed by atoms with Crippen LogP contribution in [0.1, 0.15) is 29.2 Å². The molecule has 194 valence electrons. The summed E-state index contributed by atoms with van der Waals surface area (Å²) < 4.78 is 0. The predicted octanol–water partition coefficient (Wildman–Crippen LogP) is 6.25. The number of hydrogen-bond acceptors (Lipinski definition) is 2. The second-order valence-corrected chi connectivity index (χ2v) is 9.37. The van der Waals surface area contributed by atoms with Crippen LogP contribution in [0.25, 0.3) is 0 Å². The van der Waals surface area contributed by atoms with Gasteiger partial charge in [-0.1, -0.05) is 110 Å². The van der Waals surface area contributed by atoms with Gasteiger partial charge in [0.2, 0.25) is 5.91 Å². The third-order valence-corrected chi connectivity index (χ3v) is 6.55. The molecule has 1 unspecified atom stereocenters. The number of urea groups is 1. The molecule has 0 radical (unpaired) electrons. The van der Waals surface area contributed by atoms with E-state index in [2.05, 4.69) is 29.7 Å². The molecule has 1 atom stereocenters. The van der Waals surface area contributed by atoms with Crippen molar-refractivity contribution in [3.05, 3.63) is 138 Å². The number of amides is 3. The summed E-state index contributed by atoms with van der Waals surface area (Å²) in [4.78, 5) is 28.9. The summed E-state index contributed by atoms with van der Waals surface area (Å²) in [5.74, 6) is -0.106. The number of hydrogen-bond donors (Lipinski definition) is 2. The predicted molar refractivity (Wildman–Crippen MR) is 154 cm³/mol. The molecule has 0 spiro atoms. The molecule has 0 saturated heterocycles. The molecule has 3 amide bonds. The van der Waals surface area contributed by atoms with Crippen molar-refractivity contribution in [1.82, 2.24) is 10.2 Å². The lowest BCUT2D eigenvalue weighted by Crippen LogP contribution is -2.51. The average Bonchev–Trinajstić information content (AvgIpc) is 2.96. The van der Waals surface area contributed by atoms with E-state index >= 15 is 0 Å². The lowest BCUT2D eigenvalue weighted by atomic mass is 10.0. The zero-order chi connectivity index (χ0) is 26.6. The SMILES string of the molecule is CCc1ccc(NC(=O)NC(Cc2ccccc2)C(=O)N(CCc2ccccc2)Cc2ccccc2)cc1. The van der Waals surface area contributed by atoms with E-state index in [0.717, 1.165) is 24.0 Å². The topological polar surface area (TPSA) is 61.4 Å². The van der Waals surface area contributed by atoms with Gasteiger partial charge in [-0.05, 0) is 47.2 Å². The number of carbonyl (C=O) groups excluding carboxylic acids is 2. The third kappa shape index (κ3) is 8.07. The van der Waals surface area contributed by atoms with Crippen molar-refractivity contribution in [3.63, 3.8) is 0 Å². The number of anilines is 1. The van der Waals surface area contributed by atoms with Crippen LogP contribution < -0.4 is 10.6 Å². The van der Waals surface area contributed by atoms with Gasteiger partial charge in [0.1, 0.15) is 6.04 Å². The summed E-state index contributed by atoms with van der Waals surface area (Å²) in [5.41, 5.74) is 5.09. The Bertz CT molecular complexity index is 1280. The van der Waals surface area contributed by atoms with Crippen molar-refractivity contribution < 1.29 is 9.59 Å². The van der Waals surface area contributed by atoms with Crippen molar-refractivity contribution in [1.29, 1.82) is 0 Å². The molecule has 0 heterocycles. The van der Waals surface area contributed by atoms with E-state index < -0.39 is 12.1 Å². The molecule has 0 aliphatic rings. The Labute approximate surface area is 225 Å². The monoisotopic (exact) mass is 505 g/mol. The molecule has 0 aliphatic heterocycles. The molecule has 4 rings (SSSR count). The maximum absolute atomic E-state index is 14.0. The molecule has 0 aromatic heterocycles. The Kier molecular flexibility index (Phi) is 9.69. The Hall–Kier alpha value is -4.38. The maximum Gasteiger partial charge on any atom is 0.319 e. The van der Waals surface area contributed by atoms with Crippen LogP contribution in [0, 0.1) is 0 Å². The first kappa shape index (κ1) is 26.7. The van der Waals surface area contributed by atoms with Crippen LogP contribution >= 0.6 is 0 Å². The molecule has 38 heavy (non-hydrogen) atoms. The van der Waals surface area contributed by atoms with Gasteiger partial charge in [-0.25, -0.2) is 4.79 Å². The minimum absolute atomic E-state index is 0.106. The Morgan fingerprint density at radius 3 is 1.82 bits per heavy atom. The number of nitrogens with zero attached hydrogens (tertiary/aromatic N) is 1. The quantitative estimate of drug-likeness (QED) is 0.253. The molecule has 0 fully saturated rings. The molecular formula is C33H35N3O2. The Morgan fingerprint density at radius 1 is 0.684 bits per heavy atom. The average molecular weight is 506 g/mol. The van der Waals surface area contributed by atoms with Crippen molar-refractivity contribution >= 4 is 17.6 Å². The van der Waals surface area contributed by atoms with E-state index in [-0.39, 0.29) is 5.91 Å². The molecule has 0 saturated carbocycles. The van der Waals surface area contributed by atoms with E-state index in [1.807, 2.05) is 108 Å². The van der Waals surface area contributed by atoms with Gasteiger partial charge in [0.25, 0.3) is 0 Å². The van der Waals surface area contributed by atoms with Gasteiger partial charge in [-0.3, -0.25) is 4.79 Å². The van der Waals surface area contributed by atoms with Crippen LogP contribution in [-0.4, -0.2) is 29.4 Å². The highest BCUT2D eigenvalue weighted by molar-refractivity contribution is 5.94. The van der Waals surface area contributed by atoms with Gasteiger partial charge in [-0.2, -0.15) is 0 Å². The molecule has 4 aromatic rings. The fourth-order valence-electron chi connectivity index (χ4n) is 4.40. The minimum Gasteiger partial charge on any atom is -0.336 e. The standard InChI is InChI=1S/C33H35N3O2/c1-2-26-18-20-30(21-19-26)34-33(38)35-31(24-28-14-8-4-9-15-28)32(37)36(25-29-16-10-5-11-17-29)23-22-27-12-6-3-7-13-27/h3-21,31H,2,22-25H2,1H3,(H2,34,35,38). The van der Waals surface area contributed by atoms with Gasteiger partial charge in [0.05, 0.1) is 0 Å². The number of rotatable bonds is 11. The van der Waals surface area contributed by atoms with E-state index in [4.69, 9.17) is 0 Å². The lowest BCUT2D eigenvalue weighted by Gasteiger charge is -2.28. The Morgan fingerprint density at radius 2 is 1.24 bits per heavy atom. The molecule has 4 aromatic carbocycles. The largest absolute Gasteiger partial charge is 0.336 e. The highest BCUT2D eigenvalue weighted by atomic mass is 16.2. The van der Waals surface area contributed by atoms with Gasteiger partial charge < -0.3 is 15.5 Å². The second-order valence-electron chi connectivity index (χ2n) is 9.37. The van der Waals surface area contributed by atoms with E-state index in [9.17, 15) is 9.59 Å². The summed E-state index contributed by atoms with van der Waals surface area (Å²) in [5, 5.41) is 5.86. The second kappa shape index (κ2) is 13.8. The normalized spacial score (nSPS) is 11.4. The fraction of sp³-hybridized carbons (Fsp3) is 0.212. The van der Waals surface area contributed by atoms with Crippen molar-refractivity contribution in [2.24, 2.45) is 0 Å². The van der Waals surface area contributed by atoms with Gasteiger partial charge >= 0.3 is 6.03 Å². The van der Waals surface area contributed by atoms with E-state index in [1.54, 1.807) is 0 Å². The molecular weight excluding hydrogens is 470 g/mol. The number of aryl methyl sites for hydroxylation is 1. The lowest BCUT2D eigenvalue weighted by molar-refractivity contribution is -0.133. The zero-order valence-corrected chi connectivity index (χ0v) is 21.8. The summed E-state index contributed by atoms with van der Waals surface area (Å²) in [6.07, 6.45) is 2.06. The summed E-state index contributed by atoms with van der Waals surface area (Å²) >= 11 is 0. The van der Waals surface area contributed by atoms with Crippen LogP contribution in [0.4, 0.5) is 10.5 Å². The van der Waals surface area contributed by atoms with Gasteiger partial charge in [-0.15, -0.1) is 0 Å². The fourth-order valence-corrected chi connectivity index (χ4v) is 4.40. The molecule has 0 bridgehead atoms. The van der Waals surface area contributed by atoms with Crippen LogP contribution in [0.2, 0.25) is 0 Å². The highest BCUT2D eigenvalue weighted by Gasteiger charge is 2.26. The maximum atomic E-state index is 14.0. The van der Waals surface area contributed by atoms with Crippen LogP contribution in [0.5, 0.6) is 0 Å². The van der Waals surface area contributed by atoms with E-state index in [1.165, 1.54) is 11.1 Å². The minimum atomic E-state index is -0.716. The summed E-state index contributed by atoms with van der Waals surface area (Å²) in [6, 6.07) is 36.6. The van der Waals surface area contributed by atoms with Crippen LogP contribution in [0.3, 0.4) is 0 Å². The van der Waals surface area contributed by atoms with Gasteiger partial charge in [0, 0.05) is 25.2 Å². The smallest absolute Gasteiger partial charge is 0.319 e. The first-order valence-electron chi connectivity index (χ1n) is 13.2. The first-order valence-corrected chi connectivity index (χ1v) is 13.2. The molecule has 5 heteroatoms. The summed E-state index contributed by atoms with van der Waals surface area (Å²) in [6.45, 7) is 3.11. The molecule has 2 N–H and O–H groups in total. The third-order valence-electron chi connectivity index (χ3n) is 6.55. The van der Waals surface area contributed by atoms with Crippen LogP contribution in [-0.2, 0) is 30.6 Å². The zero-order valence-electron chi connectivity index (χ0n) is 21.8. The molecule has 5 nitrogen and oxygen atoms in total. The van der Waals surface area contributed by atoms with Gasteiger partial charge in [0.15, 0.2) is 0 Å². The van der Waals surface area contributed by atoms with Crippen molar-refractivity contribution in [2.75, 3.05) is 11.9 Å². The number of benzene rings is 4. The first-order chi connectivity index (χ1) is 18.6. The number of nitrogens with one attached hydrogen (secondary N) is 2. The summed E-state index contributed by atoms with van der Waals surface area (Å²) in [7, 11) is 0. The Balaban J connectivity index is 1.54. The van der Waals surface area contributed by atoms with E-state index in [0.29, 0.717) is 25.2 Å². The van der Waals surface area contributed by atoms with Crippen LogP contribution in [0.15, 0.2) is 115 Å². The van der Waals surface area contributed by atoms with Crippen molar-refractivity contribution in [3.8, 4) is 0 Å². The number of carbonyl (C=O) groups is 2. The molecule has 0 aliphatic carbocycles. The van der Waals surface area contributed by atoms with Crippen molar-refractivity contribution in [2.45, 2.75) is 38.8 Å². The highest BCUT2D eigenvalue weighted by Crippen LogP contribution is 2.14.